The zero-order chi connectivity index (χ0) is 23.0. The van der Waals surface area contributed by atoms with Gasteiger partial charge in [-0.2, -0.15) is 5.26 Å². The van der Waals surface area contributed by atoms with Gasteiger partial charge in [0.1, 0.15) is 0 Å². The average Bonchev–Trinajstić information content (AvgIpc) is 3.26. The summed E-state index contributed by atoms with van der Waals surface area (Å²) in [5.74, 6) is -0.221. The molecule has 0 fully saturated rings. The number of nitrogens with one attached hydrogen (secondary N) is 3. The molecule has 0 aliphatic carbocycles. The van der Waals surface area contributed by atoms with Gasteiger partial charge in [0.05, 0.1) is 22.9 Å². The Bertz CT molecular complexity index is 1340. The van der Waals surface area contributed by atoms with E-state index < -0.39 is 0 Å². The number of carbonyl (C=O) groups is 2. The van der Waals surface area contributed by atoms with Crippen molar-refractivity contribution in [1.82, 2.24) is 10.3 Å². The summed E-state index contributed by atoms with van der Waals surface area (Å²) in [7, 11) is 0. The number of aromatic nitrogens is 1. The minimum Gasteiger partial charge on any atom is -0.361 e. The number of aromatic amines is 1. The third-order valence-electron chi connectivity index (χ3n) is 5.12. The second-order valence-electron chi connectivity index (χ2n) is 7.39. The van der Waals surface area contributed by atoms with Crippen LogP contribution in [-0.2, 0) is 11.2 Å². The molecule has 0 aliphatic heterocycles. The lowest BCUT2D eigenvalue weighted by Crippen LogP contribution is -2.26. The lowest BCUT2D eigenvalue weighted by atomic mass is 10.1. The molecule has 1 aromatic heterocycles. The molecule has 0 unspecified atom stereocenters. The van der Waals surface area contributed by atoms with E-state index in [-0.39, 0.29) is 17.6 Å². The highest BCUT2D eigenvalue weighted by Gasteiger charge is 2.13. The first-order chi connectivity index (χ1) is 16.1. The van der Waals surface area contributed by atoms with E-state index in [1.165, 1.54) is 11.8 Å². The number of hydrogen-bond acceptors (Lipinski definition) is 4. The quantitative estimate of drug-likeness (QED) is 0.335. The fourth-order valence-electron chi connectivity index (χ4n) is 3.53. The predicted molar refractivity (Wildman–Crippen MR) is 131 cm³/mol. The first kappa shape index (κ1) is 22.2. The Balaban J connectivity index is 1.33. The van der Waals surface area contributed by atoms with Crippen LogP contribution in [0.25, 0.3) is 10.9 Å². The van der Waals surface area contributed by atoms with Crippen LogP contribution in [0.15, 0.2) is 83.9 Å². The number of H-pyrrole nitrogens is 1. The van der Waals surface area contributed by atoms with Crippen LogP contribution in [0.5, 0.6) is 0 Å². The van der Waals surface area contributed by atoms with Crippen LogP contribution >= 0.6 is 11.8 Å². The average molecular weight is 455 g/mol. The summed E-state index contributed by atoms with van der Waals surface area (Å²) in [5.41, 5.74) is 3.84. The van der Waals surface area contributed by atoms with Gasteiger partial charge in [-0.15, -0.1) is 11.8 Å². The third kappa shape index (κ3) is 5.62. The number of para-hydroxylation sites is 1. The van der Waals surface area contributed by atoms with Gasteiger partial charge in [-0.1, -0.05) is 36.4 Å². The van der Waals surface area contributed by atoms with E-state index in [0.717, 1.165) is 27.8 Å². The number of fused-ring (bicyclic) bond motifs is 1. The Hall–Kier alpha value is -4.02. The van der Waals surface area contributed by atoms with Crippen molar-refractivity contribution in [3.63, 3.8) is 0 Å². The van der Waals surface area contributed by atoms with Gasteiger partial charge in [-0.3, -0.25) is 9.59 Å². The molecule has 7 heteroatoms. The summed E-state index contributed by atoms with van der Waals surface area (Å²) in [5, 5.41) is 15.9. The number of anilines is 1. The fraction of sp³-hybridized carbons (Fsp3) is 0.115. The van der Waals surface area contributed by atoms with Crippen molar-refractivity contribution in [2.24, 2.45) is 0 Å². The van der Waals surface area contributed by atoms with Crippen LogP contribution in [0, 0.1) is 11.3 Å². The monoisotopic (exact) mass is 454 g/mol. The molecule has 1 heterocycles. The van der Waals surface area contributed by atoms with E-state index in [4.69, 9.17) is 5.26 Å². The van der Waals surface area contributed by atoms with Crippen molar-refractivity contribution in [2.75, 3.05) is 17.6 Å². The minimum absolute atomic E-state index is 0.149. The molecule has 0 bridgehead atoms. The van der Waals surface area contributed by atoms with Crippen LogP contribution in [0.1, 0.15) is 21.5 Å². The summed E-state index contributed by atoms with van der Waals surface area (Å²) in [6.07, 6.45) is 2.70. The second-order valence-corrected chi connectivity index (χ2v) is 8.41. The Morgan fingerprint density at radius 2 is 1.82 bits per heavy atom. The van der Waals surface area contributed by atoms with Crippen LogP contribution in [-0.4, -0.2) is 29.1 Å². The lowest BCUT2D eigenvalue weighted by Gasteiger charge is -2.10. The first-order valence-electron chi connectivity index (χ1n) is 10.5. The van der Waals surface area contributed by atoms with Crippen molar-refractivity contribution in [1.29, 1.82) is 5.26 Å². The van der Waals surface area contributed by atoms with E-state index in [2.05, 4.69) is 21.7 Å². The van der Waals surface area contributed by atoms with Gasteiger partial charge in [0.2, 0.25) is 5.91 Å². The number of amides is 2. The topological polar surface area (TPSA) is 97.8 Å². The van der Waals surface area contributed by atoms with Crippen LogP contribution in [0.4, 0.5) is 5.69 Å². The summed E-state index contributed by atoms with van der Waals surface area (Å²) in [6, 6.07) is 24.1. The molecule has 4 aromatic rings. The maximum atomic E-state index is 12.8. The summed E-state index contributed by atoms with van der Waals surface area (Å²) in [4.78, 5) is 29.1. The Kier molecular flexibility index (Phi) is 7.08. The van der Waals surface area contributed by atoms with Crippen molar-refractivity contribution in [2.45, 2.75) is 11.3 Å². The normalized spacial score (nSPS) is 10.5. The zero-order valence-corrected chi connectivity index (χ0v) is 18.6. The SMILES string of the molecule is N#Cc1cccc(NC(=O)CSc2ccccc2C(=O)NCCc2c[nH]c3ccccc23)c1. The van der Waals surface area contributed by atoms with Gasteiger partial charge in [-0.25, -0.2) is 0 Å². The number of benzene rings is 3. The molecule has 2 amide bonds. The fourth-order valence-corrected chi connectivity index (χ4v) is 4.38. The number of nitrogens with zero attached hydrogens (tertiary/aromatic N) is 1. The van der Waals surface area contributed by atoms with Gasteiger partial charge in [0.15, 0.2) is 0 Å². The molecule has 3 N–H and O–H groups in total. The molecule has 0 aliphatic rings. The smallest absolute Gasteiger partial charge is 0.252 e. The molecule has 0 radical (unpaired) electrons. The van der Waals surface area contributed by atoms with Crippen LogP contribution < -0.4 is 10.6 Å². The van der Waals surface area contributed by atoms with E-state index in [1.54, 1.807) is 30.3 Å². The second kappa shape index (κ2) is 10.5. The molecule has 6 nitrogen and oxygen atoms in total. The highest BCUT2D eigenvalue weighted by Crippen LogP contribution is 2.23. The molecule has 4 rings (SSSR count). The maximum Gasteiger partial charge on any atom is 0.252 e. The maximum absolute atomic E-state index is 12.8. The van der Waals surface area contributed by atoms with Crippen LogP contribution in [0.3, 0.4) is 0 Å². The molecular formula is C26H22N4O2S. The Morgan fingerprint density at radius 1 is 1.00 bits per heavy atom. The molecule has 0 spiro atoms. The molecule has 33 heavy (non-hydrogen) atoms. The van der Waals surface area contributed by atoms with E-state index in [0.29, 0.717) is 23.4 Å². The van der Waals surface area contributed by atoms with Gasteiger partial charge in [-0.05, 0) is 48.4 Å². The highest BCUT2D eigenvalue weighted by molar-refractivity contribution is 8.00. The standard InChI is InChI=1S/C26H22N4O2S/c27-15-18-6-5-7-20(14-18)30-25(31)17-33-24-11-4-2-9-22(24)26(32)28-13-12-19-16-29-23-10-3-1-8-21(19)23/h1-11,14,16,29H,12-13,17H2,(H,28,32)(H,30,31). The predicted octanol–water partition coefficient (Wildman–Crippen LogP) is 4.74. The molecule has 164 valence electrons. The molecule has 0 saturated carbocycles. The molecule has 3 aromatic carbocycles. The van der Waals surface area contributed by atoms with Gasteiger partial charge in [0, 0.05) is 34.2 Å². The van der Waals surface area contributed by atoms with Crippen molar-refractivity contribution in [3.8, 4) is 6.07 Å². The number of rotatable bonds is 8. The van der Waals surface area contributed by atoms with E-state index >= 15 is 0 Å². The number of carbonyl (C=O) groups excluding carboxylic acids is 2. The van der Waals surface area contributed by atoms with Crippen molar-refractivity contribution in [3.05, 3.63) is 95.7 Å². The number of hydrogen-bond donors (Lipinski definition) is 3. The third-order valence-corrected chi connectivity index (χ3v) is 6.19. The minimum atomic E-state index is -0.204. The van der Waals surface area contributed by atoms with Crippen LogP contribution in [0.2, 0.25) is 0 Å². The first-order valence-corrected chi connectivity index (χ1v) is 11.5. The zero-order valence-electron chi connectivity index (χ0n) is 17.8. The lowest BCUT2D eigenvalue weighted by molar-refractivity contribution is -0.113. The Labute approximate surface area is 196 Å². The van der Waals surface area contributed by atoms with Crippen molar-refractivity contribution >= 4 is 40.2 Å². The van der Waals surface area contributed by atoms with Gasteiger partial charge in [0.25, 0.3) is 5.91 Å². The van der Waals surface area contributed by atoms with E-state index in [1.807, 2.05) is 48.7 Å². The number of nitriles is 1. The van der Waals surface area contributed by atoms with Gasteiger partial charge >= 0.3 is 0 Å². The Morgan fingerprint density at radius 3 is 2.70 bits per heavy atom. The molecule has 0 atom stereocenters. The van der Waals surface area contributed by atoms with Crippen molar-refractivity contribution < 1.29 is 9.59 Å². The summed E-state index contributed by atoms with van der Waals surface area (Å²) < 4.78 is 0. The summed E-state index contributed by atoms with van der Waals surface area (Å²) >= 11 is 1.30. The number of thioether (sulfide) groups is 1. The largest absolute Gasteiger partial charge is 0.361 e. The summed E-state index contributed by atoms with van der Waals surface area (Å²) in [6.45, 7) is 0.509. The van der Waals surface area contributed by atoms with E-state index in [9.17, 15) is 9.59 Å². The molecule has 0 saturated heterocycles. The highest BCUT2D eigenvalue weighted by atomic mass is 32.2. The molecular weight excluding hydrogens is 432 g/mol. The van der Waals surface area contributed by atoms with Gasteiger partial charge < -0.3 is 15.6 Å².